The molecule has 172 valence electrons. The Labute approximate surface area is 190 Å². The molecule has 2 N–H and O–H groups in total. The molecule has 0 unspecified atom stereocenters. The molecule has 1 aliphatic rings. The number of hydrogen-bond acceptors (Lipinski definition) is 5. The van der Waals surface area contributed by atoms with Gasteiger partial charge in [-0.15, -0.1) is 0 Å². The fraction of sp³-hybridized carbons (Fsp3) is 0.440. The van der Waals surface area contributed by atoms with E-state index in [9.17, 15) is 9.59 Å². The summed E-state index contributed by atoms with van der Waals surface area (Å²) in [6, 6.07) is 12.1. The lowest BCUT2D eigenvalue weighted by Gasteiger charge is -2.36. The standard InChI is InChI=1S/C25H34N4O3/c1-18-16-19(2)23(20(3)17-18)27-25(31)24(30)26-10-7-11-28-12-14-29(15-13-28)21-8-5-6-9-22(21)32-4/h5-6,8-9,16-17H,7,10-15H2,1-4H3,(H,26,30)(H,27,31). The van der Waals surface area contributed by atoms with E-state index in [2.05, 4.69) is 26.5 Å². The lowest BCUT2D eigenvalue weighted by molar-refractivity contribution is -0.136. The minimum atomic E-state index is -0.620. The van der Waals surface area contributed by atoms with E-state index in [1.807, 2.05) is 51.1 Å². The topological polar surface area (TPSA) is 73.9 Å². The molecule has 2 amide bonds. The Morgan fingerprint density at radius 1 is 0.969 bits per heavy atom. The molecule has 3 rings (SSSR count). The number of nitrogens with zero attached hydrogens (tertiary/aromatic N) is 2. The van der Waals surface area contributed by atoms with Crippen molar-refractivity contribution in [1.82, 2.24) is 10.2 Å². The van der Waals surface area contributed by atoms with Gasteiger partial charge >= 0.3 is 11.8 Å². The van der Waals surface area contributed by atoms with Gasteiger partial charge in [-0.2, -0.15) is 0 Å². The predicted molar refractivity (Wildman–Crippen MR) is 129 cm³/mol. The monoisotopic (exact) mass is 438 g/mol. The number of nitrogens with one attached hydrogen (secondary N) is 2. The second-order valence-corrected chi connectivity index (χ2v) is 8.34. The van der Waals surface area contributed by atoms with Crippen molar-refractivity contribution in [2.75, 3.05) is 56.6 Å². The van der Waals surface area contributed by atoms with E-state index >= 15 is 0 Å². The van der Waals surface area contributed by atoms with E-state index in [1.165, 1.54) is 0 Å². The number of benzene rings is 2. The number of hydrogen-bond donors (Lipinski definition) is 2. The molecule has 0 atom stereocenters. The summed E-state index contributed by atoms with van der Waals surface area (Å²) in [6.07, 6.45) is 0.802. The quantitative estimate of drug-likeness (QED) is 0.514. The second kappa shape index (κ2) is 11.0. The summed E-state index contributed by atoms with van der Waals surface area (Å²) in [4.78, 5) is 29.2. The summed E-state index contributed by atoms with van der Waals surface area (Å²) in [5.41, 5.74) is 4.88. The average Bonchev–Trinajstić information content (AvgIpc) is 2.79. The highest BCUT2D eigenvalue weighted by molar-refractivity contribution is 6.39. The number of amides is 2. The van der Waals surface area contributed by atoms with Crippen LogP contribution in [0.1, 0.15) is 23.1 Å². The van der Waals surface area contributed by atoms with Gasteiger partial charge in [0, 0.05) is 38.4 Å². The fourth-order valence-electron chi connectivity index (χ4n) is 4.24. The molecule has 0 aliphatic carbocycles. The maximum Gasteiger partial charge on any atom is 0.313 e. The molecular formula is C25H34N4O3. The minimum absolute atomic E-state index is 0.477. The van der Waals surface area contributed by atoms with E-state index in [0.29, 0.717) is 12.2 Å². The van der Waals surface area contributed by atoms with Crippen molar-refractivity contribution in [2.45, 2.75) is 27.2 Å². The molecule has 0 radical (unpaired) electrons. The highest BCUT2D eigenvalue weighted by Crippen LogP contribution is 2.28. The smallest absolute Gasteiger partial charge is 0.313 e. The zero-order valence-corrected chi connectivity index (χ0v) is 19.5. The molecule has 7 heteroatoms. The molecule has 1 aliphatic heterocycles. The van der Waals surface area contributed by atoms with Gasteiger partial charge in [0.05, 0.1) is 12.8 Å². The van der Waals surface area contributed by atoms with Crippen LogP contribution >= 0.6 is 0 Å². The molecule has 32 heavy (non-hydrogen) atoms. The number of anilines is 2. The Morgan fingerprint density at radius 3 is 2.28 bits per heavy atom. The zero-order chi connectivity index (χ0) is 23.1. The highest BCUT2D eigenvalue weighted by atomic mass is 16.5. The van der Waals surface area contributed by atoms with Gasteiger partial charge in [-0.3, -0.25) is 14.5 Å². The number of carbonyl (C=O) groups is 2. The molecule has 2 aromatic rings. The number of carbonyl (C=O) groups excluding carboxylic acids is 2. The molecular weight excluding hydrogens is 404 g/mol. The Hall–Kier alpha value is -3.06. The van der Waals surface area contributed by atoms with Gasteiger partial charge in [0.25, 0.3) is 0 Å². The number of methoxy groups -OCH3 is 1. The molecule has 0 bridgehead atoms. The summed E-state index contributed by atoms with van der Waals surface area (Å²) in [5.74, 6) is -0.311. The first-order valence-corrected chi connectivity index (χ1v) is 11.2. The summed E-state index contributed by atoms with van der Waals surface area (Å²) in [7, 11) is 1.70. The predicted octanol–water partition coefficient (Wildman–Crippen LogP) is 2.89. The number of piperazine rings is 1. The highest BCUT2D eigenvalue weighted by Gasteiger charge is 2.20. The number of para-hydroxylation sites is 2. The first kappa shape index (κ1) is 23.6. The second-order valence-electron chi connectivity index (χ2n) is 8.34. The van der Waals surface area contributed by atoms with Crippen molar-refractivity contribution in [2.24, 2.45) is 0 Å². The van der Waals surface area contributed by atoms with E-state index in [4.69, 9.17) is 4.74 Å². The number of ether oxygens (including phenoxy) is 1. The van der Waals surface area contributed by atoms with Crippen molar-refractivity contribution < 1.29 is 14.3 Å². The molecule has 0 spiro atoms. The van der Waals surface area contributed by atoms with Gasteiger partial charge < -0.3 is 20.3 Å². The maximum atomic E-state index is 12.3. The molecule has 1 heterocycles. The summed E-state index contributed by atoms with van der Waals surface area (Å²) in [5, 5.41) is 5.49. The van der Waals surface area contributed by atoms with Crippen LogP contribution in [0.3, 0.4) is 0 Å². The van der Waals surface area contributed by atoms with Crippen LogP contribution in [0.4, 0.5) is 11.4 Å². The fourth-order valence-corrected chi connectivity index (χ4v) is 4.24. The third-order valence-corrected chi connectivity index (χ3v) is 5.86. The first-order valence-electron chi connectivity index (χ1n) is 11.2. The van der Waals surface area contributed by atoms with Gasteiger partial charge in [-0.1, -0.05) is 29.8 Å². The van der Waals surface area contributed by atoms with Crippen molar-refractivity contribution in [3.63, 3.8) is 0 Å². The van der Waals surface area contributed by atoms with Crippen LogP contribution in [0.2, 0.25) is 0 Å². The Balaban J connectivity index is 1.38. The number of rotatable bonds is 7. The summed E-state index contributed by atoms with van der Waals surface area (Å²) >= 11 is 0. The van der Waals surface area contributed by atoms with Crippen molar-refractivity contribution in [1.29, 1.82) is 0 Å². The third kappa shape index (κ3) is 6.01. The largest absolute Gasteiger partial charge is 0.495 e. The van der Waals surface area contributed by atoms with E-state index in [-0.39, 0.29) is 0 Å². The Morgan fingerprint density at radius 2 is 1.62 bits per heavy atom. The van der Waals surface area contributed by atoms with Crippen LogP contribution in [-0.4, -0.2) is 63.1 Å². The molecule has 1 fully saturated rings. The molecule has 0 saturated carbocycles. The lowest BCUT2D eigenvalue weighted by atomic mass is 10.1. The Kier molecular flexibility index (Phi) is 8.11. The third-order valence-electron chi connectivity index (χ3n) is 5.86. The molecule has 0 aromatic heterocycles. The SMILES string of the molecule is COc1ccccc1N1CCN(CCCNC(=O)C(=O)Nc2c(C)cc(C)cc2C)CC1. The zero-order valence-electron chi connectivity index (χ0n) is 19.5. The van der Waals surface area contributed by atoms with Gasteiger partial charge in [0.2, 0.25) is 0 Å². The van der Waals surface area contributed by atoms with Crippen LogP contribution in [0.15, 0.2) is 36.4 Å². The van der Waals surface area contributed by atoms with E-state index in [0.717, 1.165) is 67.3 Å². The first-order chi connectivity index (χ1) is 15.4. The van der Waals surface area contributed by atoms with Gasteiger partial charge in [-0.05, 0) is 57.0 Å². The maximum absolute atomic E-state index is 12.3. The van der Waals surface area contributed by atoms with Crippen LogP contribution in [-0.2, 0) is 9.59 Å². The molecule has 1 saturated heterocycles. The summed E-state index contributed by atoms with van der Waals surface area (Å²) in [6.45, 7) is 11.0. The van der Waals surface area contributed by atoms with E-state index < -0.39 is 11.8 Å². The van der Waals surface area contributed by atoms with Gasteiger partial charge in [0.15, 0.2) is 0 Å². The molecule has 2 aromatic carbocycles. The Bertz CT molecular complexity index is 929. The van der Waals surface area contributed by atoms with Crippen molar-refractivity contribution in [3.05, 3.63) is 53.1 Å². The van der Waals surface area contributed by atoms with Gasteiger partial charge in [-0.25, -0.2) is 0 Å². The molecule has 7 nitrogen and oxygen atoms in total. The van der Waals surface area contributed by atoms with Crippen LogP contribution in [0.25, 0.3) is 0 Å². The van der Waals surface area contributed by atoms with Crippen LogP contribution in [0, 0.1) is 20.8 Å². The summed E-state index contributed by atoms with van der Waals surface area (Å²) < 4.78 is 5.47. The normalized spacial score (nSPS) is 14.2. The van der Waals surface area contributed by atoms with Crippen LogP contribution in [0.5, 0.6) is 5.75 Å². The van der Waals surface area contributed by atoms with E-state index in [1.54, 1.807) is 7.11 Å². The van der Waals surface area contributed by atoms with Crippen molar-refractivity contribution >= 4 is 23.2 Å². The van der Waals surface area contributed by atoms with Crippen LogP contribution < -0.4 is 20.3 Å². The minimum Gasteiger partial charge on any atom is -0.495 e. The average molecular weight is 439 g/mol. The number of aryl methyl sites for hydroxylation is 3. The van der Waals surface area contributed by atoms with Gasteiger partial charge in [0.1, 0.15) is 5.75 Å². The lowest BCUT2D eigenvalue weighted by Crippen LogP contribution is -2.47. The van der Waals surface area contributed by atoms with Crippen molar-refractivity contribution in [3.8, 4) is 5.75 Å².